The minimum absolute atomic E-state index is 0.103. The molecular formula is C13H23F3N2. The van der Waals surface area contributed by atoms with Crippen molar-refractivity contribution in [1.29, 1.82) is 0 Å². The highest BCUT2D eigenvalue weighted by Gasteiger charge is 2.38. The summed E-state index contributed by atoms with van der Waals surface area (Å²) in [6.45, 7) is 3.46. The highest BCUT2D eigenvalue weighted by atomic mass is 19.4. The highest BCUT2D eigenvalue weighted by molar-refractivity contribution is 4.89. The predicted octanol–water partition coefficient (Wildman–Crippen LogP) is 2.78. The molecule has 0 bridgehead atoms. The van der Waals surface area contributed by atoms with Crippen molar-refractivity contribution in [2.45, 2.75) is 57.3 Å². The number of likely N-dealkylation sites (tertiary alicyclic amines) is 1. The normalized spacial score (nSPS) is 33.2. The van der Waals surface area contributed by atoms with E-state index >= 15 is 0 Å². The first-order valence-electron chi connectivity index (χ1n) is 6.91. The fraction of sp³-hybridized carbons (Fsp3) is 1.00. The van der Waals surface area contributed by atoms with Crippen LogP contribution in [0.15, 0.2) is 0 Å². The molecule has 0 aromatic heterocycles. The standard InChI is InChI=1S/C13H23F3N2/c1-9(11-3-2-4-11)18-7-10(5-12(17)8-18)6-13(14,15)16/h9-12H,2-8,17H2,1H3. The monoisotopic (exact) mass is 264 g/mol. The predicted molar refractivity (Wildman–Crippen MR) is 65.1 cm³/mol. The molecule has 0 aromatic rings. The Labute approximate surface area is 107 Å². The smallest absolute Gasteiger partial charge is 0.327 e. The van der Waals surface area contributed by atoms with Gasteiger partial charge in [-0.25, -0.2) is 0 Å². The maximum absolute atomic E-state index is 12.5. The first-order chi connectivity index (χ1) is 8.35. The Hall–Kier alpha value is -0.290. The molecule has 106 valence electrons. The zero-order chi connectivity index (χ0) is 13.3. The van der Waals surface area contributed by atoms with Crippen LogP contribution in [0, 0.1) is 11.8 Å². The van der Waals surface area contributed by atoms with Gasteiger partial charge in [-0.15, -0.1) is 0 Å². The van der Waals surface area contributed by atoms with Crippen LogP contribution in [0.2, 0.25) is 0 Å². The fourth-order valence-corrected chi connectivity index (χ4v) is 3.31. The molecule has 2 fully saturated rings. The van der Waals surface area contributed by atoms with Gasteiger partial charge >= 0.3 is 6.18 Å². The third kappa shape index (κ3) is 3.60. The van der Waals surface area contributed by atoms with Crippen molar-refractivity contribution in [3.8, 4) is 0 Å². The molecule has 1 aliphatic carbocycles. The van der Waals surface area contributed by atoms with Gasteiger partial charge in [0.15, 0.2) is 0 Å². The molecule has 0 radical (unpaired) electrons. The molecule has 18 heavy (non-hydrogen) atoms. The van der Waals surface area contributed by atoms with Crippen LogP contribution in [0.1, 0.15) is 39.0 Å². The van der Waals surface area contributed by atoms with Gasteiger partial charge in [-0.1, -0.05) is 6.42 Å². The first kappa shape index (κ1) is 14.1. The van der Waals surface area contributed by atoms with Gasteiger partial charge in [-0.3, -0.25) is 4.90 Å². The van der Waals surface area contributed by atoms with Gasteiger partial charge in [0.05, 0.1) is 0 Å². The molecule has 5 heteroatoms. The van der Waals surface area contributed by atoms with Gasteiger partial charge in [0, 0.05) is 31.6 Å². The van der Waals surface area contributed by atoms with Crippen LogP contribution < -0.4 is 5.73 Å². The van der Waals surface area contributed by atoms with E-state index in [2.05, 4.69) is 11.8 Å². The number of piperidine rings is 1. The SMILES string of the molecule is CC(C1CCC1)N1CC(N)CC(CC(F)(F)F)C1. The number of rotatable bonds is 3. The summed E-state index contributed by atoms with van der Waals surface area (Å²) in [4.78, 5) is 2.19. The van der Waals surface area contributed by atoms with Crippen LogP contribution >= 0.6 is 0 Å². The lowest BCUT2D eigenvalue weighted by atomic mass is 9.78. The molecule has 2 aliphatic rings. The number of hydrogen-bond acceptors (Lipinski definition) is 2. The van der Waals surface area contributed by atoms with Gasteiger partial charge in [-0.05, 0) is 38.0 Å². The molecule has 3 unspecified atom stereocenters. The average molecular weight is 264 g/mol. The lowest BCUT2D eigenvalue weighted by Crippen LogP contribution is -2.53. The van der Waals surface area contributed by atoms with Gasteiger partial charge < -0.3 is 5.73 Å². The van der Waals surface area contributed by atoms with Crippen LogP contribution in [-0.2, 0) is 0 Å². The minimum atomic E-state index is -4.06. The molecule has 2 rings (SSSR count). The molecule has 0 spiro atoms. The minimum Gasteiger partial charge on any atom is -0.327 e. The van der Waals surface area contributed by atoms with Crippen molar-refractivity contribution in [2.75, 3.05) is 13.1 Å². The van der Waals surface area contributed by atoms with Crippen LogP contribution in [0.5, 0.6) is 0 Å². The molecular weight excluding hydrogens is 241 g/mol. The zero-order valence-corrected chi connectivity index (χ0v) is 10.9. The Morgan fingerprint density at radius 2 is 1.94 bits per heavy atom. The molecule has 1 heterocycles. The third-order valence-electron chi connectivity index (χ3n) is 4.53. The van der Waals surface area contributed by atoms with Crippen molar-refractivity contribution in [3.05, 3.63) is 0 Å². The Morgan fingerprint density at radius 1 is 1.28 bits per heavy atom. The second kappa shape index (κ2) is 5.37. The molecule has 0 aromatic carbocycles. The van der Waals surface area contributed by atoms with Crippen molar-refractivity contribution >= 4 is 0 Å². The summed E-state index contributed by atoms with van der Waals surface area (Å²) in [7, 11) is 0. The molecule has 1 saturated heterocycles. The summed E-state index contributed by atoms with van der Waals surface area (Å²) >= 11 is 0. The van der Waals surface area contributed by atoms with Gasteiger partial charge in [0.2, 0.25) is 0 Å². The molecule has 3 atom stereocenters. The average Bonchev–Trinajstić information content (AvgIpc) is 2.10. The largest absolute Gasteiger partial charge is 0.389 e. The number of alkyl halides is 3. The first-order valence-corrected chi connectivity index (χ1v) is 6.91. The molecule has 1 aliphatic heterocycles. The van der Waals surface area contributed by atoms with E-state index in [0.29, 0.717) is 24.9 Å². The molecule has 2 nitrogen and oxygen atoms in total. The Morgan fingerprint density at radius 3 is 2.44 bits per heavy atom. The molecule has 2 N–H and O–H groups in total. The van der Waals surface area contributed by atoms with Crippen molar-refractivity contribution in [3.63, 3.8) is 0 Å². The summed E-state index contributed by atoms with van der Waals surface area (Å²) in [5.41, 5.74) is 5.92. The van der Waals surface area contributed by atoms with E-state index in [1.165, 1.54) is 19.3 Å². The van der Waals surface area contributed by atoms with E-state index in [4.69, 9.17) is 5.73 Å². The maximum Gasteiger partial charge on any atom is 0.389 e. The summed E-state index contributed by atoms with van der Waals surface area (Å²) in [6, 6.07) is 0.287. The summed E-state index contributed by atoms with van der Waals surface area (Å²) in [6.07, 6.45) is -0.538. The summed E-state index contributed by atoms with van der Waals surface area (Å²) in [5.74, 6) is 0.345. The second-order valence-corrected chi connectivity index (χ2v) is 6.07. The van der Waals surface area contributed by atoms with E-state index in [-0.39, 0.29) is 12.0 Å². The van der Waals surface area contributed by atoms with Crippen molar-refractivity contribution in [1.82, 2.24) is 4.90 Å². The Bertz CT molecular complexity index is 276. The zero-order valence-electron chi connectivity index (χ0n) is 10.9. The molecule has 1 saturated carbocycles. The van der Waals surface area contributed by atoms with E-state index in [1.807, 2.05) is 0 Å². The number of nitrogens with two attached hydrogens (primary N) is 1. The van der Waals surface area contributed by atoms with Crippen molar-refractivity contribution < 1.29 is 13.2 Å². The third-order valence-corrected chi connectivity index (χ3v) is 4.53. The Balaban J connectivity index is 1.91. The van der Waals surface area contributed by atoms with Gasteiger partial charge in [-0.2, -0.15) is 13.2 Å². The lowest BCUT2D eigenvalue weighted by Gasteiger charge is -2.45. The van der Waals surface area contributed by atoms with E-state index < -0.39 is 12.6 Å². The quantitative estimate of drug-likeness (QED) is 0.849. The van der Waals surface area contributed by atoms with E-state index in [1.54, 1.807) is 0 Å². The van der Waals surface area contributed by atoms with Crippen molar-refractivity contribution in [2.24, 2.45) is 17.6 Å². The van der Waals surface area contributed by atoms with Crippen LogP contribution in [-0.4, -0.2) is 36.2 Å². The second-order valence-electron chi connectivity index (χ2n) is 6.07. The van der Waals surface area contributed by atoms with Gasteiger partial charge in [0.1, 0.15) is 0 Å². The van der Waals surface area contributed by atoms with Crippen LogP contribution in [0.3, 0.4) is 0 Å². The summed E-state index contributed by atoms with van der Waals surface area (Å²) < 4.78 is 37.4. The lowest BCUT2D eigenvalue weighted by molar-refractivity contribution is -0.149. The van der Waals surface area contributed by atoms with Crippen LogP contribution in [0.25, 0.3) is 0 Å². The fourth-order valence-electron chi connectivity index (χ4n) is 3.31. The van der Waals surface area contributed by atoms with E-state index in [9.17, 15) is 13.2 Å². The topological polar surface area (TPSA) is 29.3 Å². The van der Waals surface area contributed by atoms with Gasteiger partial charge in [0.25, 0.3) is 0 Å². The van der Waals surface area contributed by atoms with E-state index in [0.717, 1.165) is 6.54 Å². The number of halogens is 3. The highest BCUT2D eigenvalue weighted by Crippen LogP contribution is 2.35. The van der Waals surface area contributed by atoms with Crippen LogP contribution in [0.4, 0.5) is 13.2 Å². The maximum atomic E-state index is 12.5. The molecule has 0 amide bonds. The number of nitrogens with zero attached hydrogens (tertiary/aromatic N) is 1. The Kier molecular flexibility index (Phi) is 4.22. The number of hydrogen-bond donors (Lipinski definition) is 1. The summed E-state index contributed by atoms with van der Waals surface area (Å²) in [5, 5.41) is 0.